The van der Waals surface area contributed by atoms with E-state index in [1.165, 1.54) is 11.1 Å². The molecule has 0 saturated carbocycles. The molecule has 0 aromatic heterocycles. The molecule has 174 valence electrons. The number of carboxylic acids is 1. The Hall–Kier alpha value is -3.81. The molecule has 8 heteroatoms. The number of amides is 2. The van der Waals surface area contributed by atoms with Gasteiger partial charge in [0.05, 0.1) is 18.9 Å². The summed E-state index contributed by atoms with van der Waals surface area (Å²) in [4.78, 5) is 36.2. The highest BCUT2D eigenvalue weighted by Gasteiger charge is 2.34. The summed E-state index contributed by atoms with van der Waals surface area (Å²) in [6.07, 6.45) is 3.49. The second-order valence-electron chi connectivity index (χ2n) is 7.63. The number of unbranched alkanes of at least 4 members (excludes halogenated alkanes) is 1. The number of carbonyl (C=O) groups excluding carboxylic acids is 2. The van der Waals surface area contributed by atoms with Gasteiger partial charge in [-0.15, -0.1) is 0 Å². The van der Waals surface area contributed by atoms with Crippen LogP contribution in [-0.4, -0.2) is 36.1 Å². The van der Waals surface area contributed by atoms with Gasteiger partial charge >= 0.3 is 5.97 Å². The highest BCUT2D eigenvalue weighted by molar-refractivity contribution is 6.31. The van der Waals surface area contributed by atoms with E-state index in [0.717, 1.165) is 12.0 Å². The van der Waals surface area contributed by atoms with Gasteiger partial charge < -0.3 is 14.6 Å². The fraction of sp³-hybridized carbons (Fsp3) is 0.320. The average molecular weight is 453 g/mol. The van der Waals surface area contributed by atoms with Crippen molar-refractivity contribution in [3.05, 3.63) is 59.2 Å². The Balaban J connectivity index is 1.88. The monoisotopic (exact) mass is 452 g/mol. The summed E-state index contributed by atoms with van der Waals surface area (Å²) in [5, 5.41) is 10.0. The van der Waals surface area contributed by atoms with E-state index in [-0.39, 0.29) is 12.0 Å². The second-order valence-corrected chi connectivity index (χ2v) is 7.63. The maximum atomic E-state index is 12.9. The Morgan fingerprint density at radius 3 is 2.52 bits per heavy atom. The summed E-state index contributed by atoms with van der Waals surface area (Å²) in [7, 11) is 0. The van der Waals surface area contributed by atoms with Crippen LogP contribution in [0.5, 0.6) is 11.5 Å². The van der Waals surface area contributed by atoms with Crippen LogP contribution in [0.3, 0.4) is 0 Å². The van der Waals surface area contributed by atoms with E-state index in [1.54, 1.807) is 36.4 Å². The highest BCUT2D eigenvalue weighted by atomic mass is 16.5. The Morgan fingerprint density at radius 1 is 1.06 bits per heavy atom. The molecule has 33 heavy (non-hydrogen) atoms. The molecule has 1 heterocycles. The van der Waals surface area contributed by atoms with E-state index in [0.29, 0.717) is 48.8 Å². The molecule has 2 amide bonds. The third-order valence-corrected chi connectivity index (χ3v) is 5.09. The fourth-order valence-electron chi connectivity index (χ4n) is 3.39. The largest absolute Gasteiger partial charge is 0.493 e. The average Bonchev–Trinajstić information content (AvgIpc) is 3.08. The summed E-state index contributed by atoms with van der Waals surface area (Å²) >= 11 is 0. The van der Waals surface area contributed by atoms with Gasteiger partial charge in [0.2, 0.25) is 0 Å². The van der Waals surface area contributed by atoms with Crippen LogP contribution in [0.25, 0.3) is 6.08 Å². The first-order valence-corrected chi connectivity index (χ1v) is 11.0. The maximum absolute atomic E-state index is 12.9. The van der Waals surface area contributed by atoms with Crippen molar-refractivity contribution in [2.24, 2.45) is 0 Å². The summed E-state index contributed by atoms with van der Waals surface area (Å²) in [6, 6.07) is 12.4. The Labute approximate surface area is 192 Å². The number of rotatable bonds is 11. The number of ether oxygens (including phenoxy) is 2. The molecule has 2 aromatic rings. The van der Waals surface area contributed by atoms with Gasteiger partial charge in [0.25, 0.3) is 11.8 Å². The van der Waals surface area contributed by atoms with Crippen LogP contribution in [0.2, 0.25) is 0 Å². The summed E-state index contributed by atoms with van der Waals surface area (Å²) < 4.78 is 11.8. The molecule has 1 aliphatic rings. The number of para-hydroxylation sites is 1. The van der Waals surface area contributed by atoms with Crippen molar-refractivity contribution in [3.63, 3.8) is 0 Å². The zero-order chi connectivity index (χ0) is 23.8. The van der Waals surface area contributed by atoms with Crippen molar-refractivity contribution in [2.75, 3.05) is 18.2 Å². The fourth-order valence-corrected chi connectivity index (χ4v) is 3.39. The van der Waals surface area contributed by atoms with E-state index in [4.69, 9.17) is 14.6 Å². The molecular formula is C25H28N2O6. The molecule has 0 atom stereocenters. The van der Waals surface area contributed by atoms with E-state index < -0.39 is 17.8 Å². The standard InChI is InChI=1S/C25H28N2O6/c1-3-14-32-21-13-12-18(23(17(21)2)33-15-8-7-11-22(28)29)16-20-24(30)26-27(25(20)31)19-9-5-4-6-10-19/h4-6,9-10,12-13,16H,3,7-8,11,14-15H2,1-2H3,(H,26,30)(H,28,29)/b20-16-. The van der Waals surface area contributed by atoms with E-state index in [9.17, 15) is 14.4 Å². The van der Waals surface area contributed by atoms with Gasteiger partial charge in [-0.1, -0.05) is 25.1 Å². The molecule has 0 spiro atoms. The SMILES string of the molecule is CCCOc1ccc(/C=C2/C(=O)NN(c3ccccc3)C2=O)c(OCCCCC(=O)O)c1C. The minimum Gasteiger partial charge on any atom is -0.493 e. The molecule has 1 fully saturated rings. The number of carboxylic acid groups (broad SMARTS) is 1. The van der Waals surface area contributed by atoms with Gasteiger partial charge in [-0.2, -0.15) is 0 Å². The quantitative estimate of drug-likeness (QED) is 0.305. The minimum atomic E-state index is -0.847. The zero-order valence-corrected chi connectivity index (χ0v) is 18.8. The maximum Gasteiger partial charge on any atom is 0.303 e. The van der Waals surface area contributed by atoms with Gasteiger partial charge in [0.1, 0.15) is 17.1 Å². The first-order chi connectivity index (χ1) is 15.9. The van der Waals surface area contributed by atoms with Crippen molar-refractivity contribution in [1.82, 2.24) is 5.43 Å². The Morgan fingerprint density at radius 2 is 1.82 bits per heavy atom. The predicted octanol–water partition coefficient (Wildman–Crippen LogP) is 3.88. The van der Waals surface area contributed by atoms with Crippen LogP contribution in [0.1, 0.15) is 43.7 Å². The topological polar surface area (TPSA) is 105 Å². The number of hydrogen-bond acceptors (Lipinski definition) is 5. The number of nitrogens with zero attached hydrogens (tertiary/aromatic N) is 1. The molecule has 2 N–H and O–H groups in total. The summed E-state index contributed by atoms with van der Waals surface area (Å²) in [5.74, 6) is -0.638. The van der Waals surface area contributed by atoms with Gasteiger partial charge in [0.15, 0.2) is 0 Å². The lowest BCUT2D eigenvalue weighted by molar-refractivity contribution is -0.137. The number of benzene rings is 2. The van der Waals surface area contributed by atoms with Crippen molar-refractivity contribution in [2.45, 2.75) is 39.5 Å². The highest BCUT2D eigenvalue weighted by Crippen LogP contribution is 2.34. The van der Waals surface area contributed by atoms with Gasteiger partial charge in [0, 0.05) is 17.5 Å². The van der Waals surface area contributed by atoms with E-state index in [2.05, 4.69) is 5.43 Å². The van der Waals surface area contributed by atoms with Crippen molar-refractivity contribution in [3.8, 4) is 11.5 Å². The van der Waals surface area contributed by atoms with E-state index in [1.807, 2.05) is 19.9 Å². The molecule has 0 radical (unpaired) electrons. The number of carbonyl (C=O) groups is 3. The van der Waals surface area contributed by atoms with Crippen LogP contribution >= 0.6 is 0 Å². The molecule has 0 aliphatic carbocycles. The van der Waals surface area contributed by atoms with Gasteiger partial charge in [-0.3, -0.25) is 19.8 Å². The number of hydrogen-bond donors (Lipinski definition) is 2. The molecule has 1 saturated heterocycles. The lowest BCUT2D eigenvalue weighted by Gasteiger charge is -2.16. The summed E-state index contributed by atoms with van der Waals surface area (Å²) in [6.45, 7) is 4.72. The third-order valence-electron chi connectivity index (χ3n) is 5.09. The normalized spacial score (nSPS) is 14.5. The zero-order valence-electron chi connectivity index (χ0n) is 18.8. The molecular weight excluding hydrogens is 424 g/mol. The second kappa shape index (κ2) is 11.2. The molecule has 0 unspecified atom stereocenters. The summed E-state index contributed by atoms with van der Waals surface area (Å²) in [5.41, 5.74) is 4.47. The third kappa shape index (κ3) is 5.91. The van der Waals surface area contributed by atoms with Crippen molar-refractivity contribution >= 4 is 29.5 Å². The molecule has 0 bridgehead atoms. The lowest BCUT2D eigenvalue weighted by Crippen LogP contribution is -2.35. The smallest absolute Gasteiger partial charge is 0.303 e. The predicted molar refractivity (Wildman–Crippen MR) is 124 cm³/mol. The minimum absolute atomic E-state index is 0.00351. The number of nitrogens with one attached hydrogen (secondary N) is 1. The van der Waals surface area contributed by atoms with Gasteiger partial charge in [-0.05, 0) is 56.5 Å². The van der Waals surface area contributed by atoms with Crippen LogP contribution in [0.15, 0.2) is 48.0 Å². The number of hydrazine groups is 1. The first kappa shape index (κ1) is 23.8. The van der Waals surface area contributed by atoms with Crippen LogP contribution in [-0.2, 0) is 14.4 Å². The van der Waals surface area contributed by atoms with Crippen LogP contribution in [0, 0.1) is 6.92 Å². The number of anilines is 1. The Bertz CT molecular complexity index is 1050. The Kier molecular flexibility index (Phi) is 8.07. The molecule has 1 aliphatic heterocycles. The van der Waals surface area contributed by atoms with Crippen LogP contribution < -0.4 is 19.9 Å². The van der Waals surface area contributed by atoms with E-state index >= 15 is 0 Å². The first-order valence-electron chi connectivity index (χ1n) is 11.0. The van der Waals surface area contributed by atoms with Crippen molar-refractivity contribution in [1.29, 1.82) is 0 Å². The lowest BCUT2D eigenvalue weighted by atomic mass is 10.0. The molecule has 2 aromatic carbocycles. The van der Waals surface area contributed by atoms with Gasteiger partial charge in [-0.25, -0.2) is 5.01 Å². The molecule has 3 rings (SSSR count). The molecule has 8 nitrogen and oxygen atoms in total. The number of aliphatic carboxylic acids is 1. The van der Waals surface area contributed by atoms with Crippen molar-refractivity contribution < 1.29 is 29.0 Å². The van der Waals surface area contributed by atoms with Crippen LogP contribution in [0.4, 0.5) is 5.69 Å².